The summed E-state index contributed by atoms with van der Waals surface area (Å²) in [6.07, 6.45) is 0. The van der Waals surface area contributed by atoms with E-state index >= 15 is 0 Å². The van der Waals surface area contributed by atoms with E-state index in [4.69, 9.17) is 0 Å². The maximum Gasteiger partial charge on any atom is 0.0547 e. The van der Waals surface area contributed by atoms with Gasteiger partial charge in [-0.3, -0.25) is 0 Å². The largest absolute Gasteiger partial charge is 0.310 e. The highest BCUT2D eigenvalue weighted by Crippen LogP contribution is 2.46. The average molecular weight is 791 g/mol. The van der Waals surface area contributed by atoms with Crippen LogP contribution in [0.4, 0.5) is 17.1 Å². The number of fused-ring (bicyclic) bond motifs is 3. The van der Waals surface area contributed by atoms with Crippen LogP contribution in [0.25, 0.3) is 83.1 Å². The van der Waals surface area contributed by atoms with Crippen LogP contribution in [0.1, 0.15) is 0 Å². The van der Waals surface area contributed by atoms with Gasteiger partial charge in [0.25, 0.3) is 0 Å². The fourth-order valence-corrected chi connectivity index (χ4v) is 9.11. The van der Waals surface area contributed by atoms with Crippen molar-refractivity contribution >= 4 is 38.9 Å². The second-order valence-corrected chi connectivity index (χ2v) is 15.7. The van der Waals surface area contributed by atoms with Gasteiger partial charge in [-0.1, -0.05) is 194 Å². The Morgan fingerprint density at radius 2 is 0.742 bits per heavy atom. The van der Waals surface area contributed by atoms with E-state index in [0.717, 1.165) is 33.9 Å². The van der Waals surface area contributed by atoms with E-state index in [1.54, 1.807) is 0 Å². The number of hydrogen-bond donors (Lipinski definition) is 0. The van der Waals surface area contributed by atoms with Crippen LogP contribution in [0.2, 0.25) is 0 Å². The van der Waals surface area contributed by atoms with Gasteiger partial charge in [0.1, 0.15) is 0 Å². The van der Waals surface area contributed by atoms with Gasteiger partial charge in [0.05, 0.1) is 16.7 Å². The molecule has 0 aliphatic rings. The molecule has 0 fully saturated rings. The Hall–Kier alpha value is -8.20. The quantitative estimate of drug-likeness (QED) is 0.141. The van der Waals surface area contributed by atoms with Crippen molar-refractivity contribution in [3.05, 3.63) is 255 Å². The summed E-state index contributed by atoms with van der Waals surface area (Å²) < 4.78 is 2.39. The zero-order chi connectivity index (χ0) is 41.2. The van der Waals surface area contributed by atoms with Crippen molar-refractivity contribution in [2.24, 2.45) is 0 Å². The van der Waals surface area contributed by atoms with Gasteiger partial charge in [0, 0.05) is 33.4 Å². The second-order valence-electron chi connectivity index (χ2n) is 15.7. The predicted molar refractivity (Wildman–Crippen MR) is 263 cm³/mol. The van der Waals surface area contributed by atoms with Crippen LogP contribution in [0.3, 0.4) is 0 Å². The molecule has 1 heterocycles. The molecule has 1 aromatic heterocycles. The lowest BCUT2D eigenvalue weighted by atomic mass is 9.91. The maximum absolute atomic E-state index is 2.41. The number of benzene rings is 10. The Labute approximate surface area is 362 Å². The molecule has 0 aliphatic carbocycles. The first-order chi connectivity index (χ1) is 30.8. The predicted octanol–water partition coefficient (Wildman–Crippen LogP) is 16.6. The molecule has 0 atom stereocenters. The molecular weight excluding hydrogens is 749 g/mol. The molecule has 0 saturated heterocycles. The molecular formula is C60H42N2. The lowest BCUT2D eigenvalue weighted by Gasteiger charge is -2.28. The fourth-order valence-electron chi connectivity index (χ4n) is 9.11. The molecule has 0 aliphatic heterocycles. The van der Waals surface area contributed by atoms with Crippen molar-refractivity contribution in [2.45, 2.75) is 0 Å². The molecule has 292 valence electrons. The Kier molecular flexibility index (Phi) is 9.57. The molecule has 62 heavy (non-hydrogen) atoms. The number of aromatic nitrogens is 1. The van der Waals surface area contributed by atoms with Gasteiger partial charge < -0.3 is 9.47 Å². The molecule has 2 heteroatoms. The summed E-state index contributed by atoms with van der Waals surface area (Å²) in [5, 5.41) is 2.47. The summed E-state index contributed by atoms with van der Waals surface area (Å²) in [4.78, 5) is 2.41. The van der Waals surface area contributed by atoms with Crippen molar-refractivity contribution in [1.29, 1.82) is 0 Å². The third kappa shape index (κ3) is 6.74. The smallest absolute Gasteiger partial charge is 0.0547 e. The molecule has 0 bridgehead atoms. The number of hydrogen-bond acceptors (Lipinski definition) is 1. The Bertz CT molecular complexity index is 3300. The van der Waals surface area contributed by atoms with Gasteiger partial charge >= 0.3 is 0 Å². The van der Waals surface area contributed by atoms with E-state index in [-0.39, 0.29) is 0 Å². The molecule has 0 saturated carbocycles. The van der Waals surface area contributed by atoms with E-state index in [1.807, 2.05) is 0 Å². The number of rotatable bonds is 9. The topological polar surface area (TPSA) is 8.17 Å². The van der Waals surface area contributed by atoms with E-state index in [1.165, 1.54) is 66.3 Å². The summed E-state index contributed by atoms with van der Waals surface area (Å²) in [6, 6.07) is 92.0. The molecule has 0 N–H and O–H groups in total. The van der Waals surface area contributed by atoms with Crippen LogP contribution in [0.5, 0.6) is 0 Å². The zero-order valence-electron chi connectivity index (χ0n) is 34.1. The Balaban J connectivity index is 1.06. The highest BCUT2D eigenvalue weighted by Gasteiger charge is 2.22. The van der Waals surface area contributed by atoms with Crippen LogP contribution in [0.15, 0.2) is 255 Å². The van der Waals surface area contributed by atoms with Crippen LogP contribution in [-0.2, 0) is 0 Å². The molecule has 0 spiro atoms. The second kappa shape index (κ2) is 16.1. The van der Waals surface area contributed by atoms with Crippen LogP contribution in [0, 0.1) is 0 Å². The number of nitrogens with zero attached hydrogens (tertiary/aromatic N) is 2. The lowest BCUT2D eigenvalue weighted by molar-refractivity contribution is 1.18. The number of anilines is 3. The summed E-state index contributed by atoms with van der Waals surface area (Å²) in [5.74, 6) is 0. The van der Waals surface area contributed by atoms with E-state index in [9.17, 15) is 0 Å². The SMILES string of the molecule is c1ccc(-c2ccc(N(c3ccc(-c4ccc(-c5ccccc5)c(-c5ccccc5)c4)cc3)c3ccccc3-c3cccc4c3c3ccccc3n4-c3ccccc3)cc2)cc1. The Morgan fingerprint density at radius 1 is 0.274 bits per heavy atom. The van der Waals surface area contributed by atoms with Crippen molar-refractivity contribution in [2.75, 3.05) is 4.90 Å². The van der Waals surface area contributed by atoms with Gasteiger partial charge in [-0.25, -0.2) is 0 Å². The van der Waals surface area contributed by atoms with Crippen LogP contribution >= 0.6 is 0 Å². The third-order valence-electron chi connectivity index (χ3n) is 12.0. The Morgan fingerprint density at radius 3 is 1.40 bits per heavy atom. The average Bonchev–Trinajstić information content (AvgIpc) is 3.70. The molecule has 0 radical (unpaired) electrons. The molecule has 10 aromatic carbocycles. The fraction of sp³-hybridized carbons (Fsp3) is 0. The minimum atomic E-state index is 1.08. The van der Waals surface area contributed by atoms with E-state index in [0.29, 0.717) is 0 Å². The maximum atomic E-state index is 2.41. The highest BCUT2D eigenvalue weighted by atomic mass is 15.1. The van der Waals surface area contributed by atoms with Gasteiger partial charge in [-0.2, -0.15) is 0 Å². The van der Waals surface area contributed by atoms with E-state index in [2.05, 4.69) is 264 Å². The summed E-state index contributed by atoms with van der Waals surface area (Å²) in [7, 11) is 0. The highest BCUT2D eigenvalue weighted by molar-refractivity contribution is 6.17. The van der Waals surface area contributed by atoms with Crippen molar-refractivity contribution in [3.63, 3.8) is 0 Å². The monoisotopic (exact) mass is 790 g/mol. The molecule has 11 rings (SSSR count). The van der Waals surface area contributed by atoms with Crippen LogP contribution < -0.4 is 4.90 Å². The van der Waals surface area contributed by atoms with E-state index < -0.39 is 0 Å². The van der Waals surface area contributed by atoms with Gasteiger partial charge in [-0.05, 0) is 111 Å². The van der Waals surface area contributed by atoms with Gasteiger partial charge in [0.2, 0.25) is 0 Å². The summed E-state index contributed by atoms with van der Waals surface area (Å²) in [6.45, 7) is 0. The van der Waals surface area contributed by atoms with Crippen molar-refractivity contribution < 1.29 is 0 Å². The molecule has 0 unspecified atom stereocenters. The minimum Gasteiger partial charge on any atom is -0.310 e. The zero-order valence-corrected chi connectivity index (χ0v) is 34.1. The normalized spacial score (nSPS) is 11.2. The molecule has 0 amide bonds. The summed E-state index contributed by atoms with van der Waals surface area (Å²) in [5.41, 5.74) is 18.7. The third-order valence-corrected chi connectivity index (χ3v) is 12.0. The van der Waals surface area contributed by atoms with Gasteiger partial charge in [-0.15, -0.1) is 0 Å². The first-order valence-corrected chi connectivity index (χ1v) is 21.3. The van der Waals surface area contributed by atoms with Crippen molar-refractivity contribution in [3.8, 4) is 61.3 Å². The summed E-state index contributed by atoms with van der Waals surface area (Å²) >= 11 is 0. The molecule has 2 nitrogen and oxygen atoms in total. The van der Waals surface area contributed by atoms with Crippen LogP contribution in [-0.4, -0.2) is 4.57 Å². The first-order valence-electron chi connectivity index (χ1n) is 21.3. The lowest BCUT2D eigenvalue weighted by Crippen LogP contribution is -2.11. The van der Waals surface area contributed by atoms with Gasteiger partial charge in [0.15, 0.2) is 0 Å². The number of para-hydroxylation sites is 3. The molecule has 11 aromatic rings. The standard InChI is InChI=1S/C60H42N2/c1-5-18-43(19-6-1)44-32-37-50(38-33-44)61(51-39-34-45(35-40-51)48-36-41-52(46-20-7-2-8-21-46)56(42-48)47-22-9-3-10-23-47)57-29-15-13-26-53(57)54-28-17-31-59-60(54)55-27-14-16-30-58(55)62(59)49-24-11-4-12-25-49/h1-42H. The first kappa shape index (κ1) is 36.8. The minimum absolute atomic E-state index is 1.08. The van der Waals surface area contributed by atoms with Crippen molar-refractivity contribution in [1.82, 2.24) is 4.57 Å².